The standard InChI is InChI=1S/C17H17BrN2O2/c1-13(21)20(16-9-5-8-15(18)10-16)12-17(22)19-11-14-6-3-2-4-7-14/h2-10H,11-12H2,1H3,(H,19,22). The van der Waals surface area contributed by atoms with Crippen LogP contribution >= 0.6 is 15.9 Å². The highest BCUT2D eigenvalue weighted by Gasteiger charge is 2.15. The molecule has 0 aliphatic carbocycles. The zero-order valence-corrected chi connectivity index (χ0v) is 13.8. The monoisotopic (exact) mass is 360 g/mol. The van der Waals surface area contributed by atoms with Crippen LogP contribution in [0.4, 0.5) is 5.69 Å². The molecule has 0 spiro atoms. The Labute approximate surface area is 138 Å². The van der Waals surface area contributed by atoms with E-state index in [0.29, 0.717) is 12.2 Å². The second kappa shape index (κ2) is 7.75. The number of carbonyl (C=O) groups is 2. The third-order valence-electron chi connectivity index (χ3n) is 3.13. The average molecular weight is 361 g/mol. The fourth-order valence-corrected chi connectivity index (χ4v) is 2.41. The van der Waals surface area contributed by atoms with Gasteiger partial charge in [0.05, 0.1) is 0 Å². The lowest BCUT2D eigenvalue weighted by atomic mass is 10.2. The number of nitrogens with one attached hydrogen (secondary N) is 1. The van der Waals surface area contributed by atoms with E-state index in [9.17, 15) is 9.59 Å². The van der Waals surface area contributed by atoms with Crippen LogP contribution < -0.4 is 10.2 Å². The van der Waals surface area contributed by atoms with Crippen molar-refractivity contribution in [1.29, 1.82) is 0 Å². The van der Waals surface area contributed by atoms with Gasteiger partial charge >= 0.3 is 0 Å². The van der Waals surface area contributed by atoms with Gasteiger partial charge in [0.25, 0.3) is 0 Å². The summed E-state index contributed by atoms with van der Waals surface area (Å²) in [5.41, 5.74) is 1.71. The summed E-state index contributed by atoms with van der Waals surface area (Å²) >= 11 is 3.37. The number of amides is 2. The van der Waals surface area contributed by atoms with Crippen molar-refractivity contribution in [3.05, 3.63) is 64.6 Å². The Morgan fingerprint density at radius 3 is 2.45 bits per heavy atom. The fourth-order valence-electron chi connectivity index (χ4n) is 2.02. The molecule has 5 heteroatoms. The molecule has 4 nitrogen and oxygen atoms in total. The van der Waals surface area contributed by atoms with Gasteiger partial charge in [-0.3, -0.25) is 9.59 Å². The molecule has 0 radical (unpaired) electrons. The third-order valence-corrected chi connectivity index (χ3v) is 3.63. The van der Waals surface area contributed by atoms with Crippen LogP contribution in [0.5, 0.6) is 0 Å². The second-order valence-corrected chi connectivity index (χ2v) is 5.76. The van der Waals surface area contributed by atoms with E-state index < -0.39 is 0 Å². The molecule has 0 fully saturated rings. The van der Waals surface area contributed by atoms with E-state index in [0.717, 1.165) is 10.0 Å². The molecule has 1 N–H and O–H groups in total. The maximum atomic E-state index is 12.1. The number of halogens is 1. The summed E-state index contributed by atoms with van der Waals surface area (Å²) in [6.07, 6.45) is 0. The molecular formula is C17H17BrN2O2. The van der Waals surface area contributed by atoms with E-state index in [2.05, 4.69) is 21.2 Å². The molecule has 0 saturated heterocycles. The minimum atomic E-state index is -0.195. The predicted molar refractivity (Wildman–Crippen MR) is 90.5 cm³/mol. The van der Waals surface area contributed by atoms with E-state index >= 15 is 0 Å². The van der Waals surface area contributed by atoms with E-state index in [1.165, 1.54) is 11.8 Å². The Kier molecular flexibility index (Phi) is 5.72. The Morgan fingerprint density at radius 1 is 1.09 bits per heavy atom. The molecular weight excluding hydrogens is 344 g/mol. The Balaban J connectivity index is 1.99. The van der Waals surface area contributed by atoms with Gasteiger partial charge in [0, 0.05) is 23.6 Å². The van der Waals surface area contributed by atoms with Crippen molar-refractivity contribution < 1.29 is 9.59 Å². The summed E-state index contributed by atoms with van der Waals surface area (Å²) in [6, 6.07) is 17.0. The van der Waals surface area contributed by atoms with Crippen molar-refractivity contribution in [3.8, 4) is 0 Å². The average Bonchev–Trinajstić information content (AvgIpc) is 2.51. The molecule has 2 aromatic rings. The van der Waals surface area contributed by atoms with Crippen LogP contribution in [0.2, 0.25) is 0 Å². The summed E-state index contributed by atoms with van der Waals surface area (Å²) < 4.78 is 0.862. The maximum absolute atomic E-state index is 12.1. The quantitative estimate of drug-likeness (QED) is 0.890. The van der Waals surface area contributed by atoms with Crippen molar-refractivity contribution in [1.82, 2.24) is 5.32 Å². The normalized spacial score (nSPS) is 10.1. The Morgan fingerprint density at radius 2 is 1.82 bits per heavy atom. The summed E-state index contributed by atoms with van der Waals surface area (Å²) in [5.74, 6) is -0.369. The first-order valence-corrected chi connectivity index (χ1v) is 7.70. The Hall–Kier alpha value is -2.14. The minimum absolute atomic E-state index is 0.00137. The molecule has 2 aromatic carbocycles. The molecule has 22 heavy (non-hydrogen) atoms. The Bertz CT molecular complexity index is 659. The van der Waals surface area contributed by atoms with Crippen molar-refractivity contribution >= 4 is 33.4 Å². The highest BCUT2D eigenvalue weighted by atomic mass is 79.9. The molecule has 2 rings (SSSR count). The number of rotatable bonds is 5. The summed E-state index contributed by atoms with van der Waals surface area (Å²) in [5, 5.41) is 2.82. The second-order valence-electron chi connectivity index (χ2n) is 4.85. The van der Waals surface area contributed by atoms with Crippen LogP contribution in [0.1, 0.15) is 12.5 Å². The summed E-state index contributed by atoms with van der Waals surface area (Å²) in [7, 11) is 0. The molecule has 0 bridgehead atoms. The van der Waals surface area contributed by atoms with Gasteiger partial charge in [-0.2, -0.15) is 0 Å². The van der Waals surface area contributed by atoms with Gasteiger partial charge in [0.2, 0.25) is 11.8 Å². The zero-order valence-electron chi connectivity index (χ0n) is 12.3. The maximum Gasteiger partial charge on any atom is 0.240 e. The van der Waals surface area contributed by atoms with Gasteiger partial charge in [-0.25, -0.2) is 0 Å². The van der Waals surface area contributed by atoms with Crippen LogP contribution in [-0.2, 0) is 16.1 Å². The molecule has 0 aliphatic rings. The molecule has 114 valence electrons. The van der Waals surface area contributed by atoms with E-state index in [4.69, 9.17) is 0 Å². The fraction of sp³-hybridized carbons (Fsp3) is 0.176. The van der Waals surface area contributed by atoms with Crippen LogP contribution in [0, 0.1) is 0 Å². The first kappa shape index (κ1) is 16.2. The van der Waals surface area contributed by atoms with E-state index in [1.54, 1.807) is 6.07 Å². The van der Waals surface area contributed by atoms with Gasteiger partial charge < -0.3 is 10.2 Å². The minimum Gasteiger partial charge on any atom is -0.350 e. The van der Waals surface area contributed by atoms with Crippen LogP contribution in [0.25, 0.3) is 0 Å². The van der Waals surface area contributed by atoms with Gasteiger partial charge in [-0.15, -0.1) is 0 Å². The van der Waals surface area contributed by atoms with Crippen molar-refractivity contribution in [2.75, 3.05) is 11.4 Å². The number of nitrogens with zero attached hydrogens (tertiary/aromatic N) is 1. The molecule has 0 atom stereocenters. The van der Waals surface area contributed by atoms with Crippen LogP contribution in [0.3, 0.4) is 0 Å². The highest BCUT2D eigenvalue weighted by molar-refractivity contribution is 9.10. The topological polar surface area (TPSA) is 49.4 Å². The zero-order chi connectivity index (χ0) is 15.9. The van der Waals surface area contributed by atoms with Gasteiger partial charge in [-0.05, 0) is 23.8 Å². The lowest BCUT2D eigenvalue weighted by Crippen LogP contribution is -2.39. The molecule has 2 amide bonds. The number of hydrogen-bond donors (Lipinski definition) is 1. The van der Waals surface area contributed by atoms with Crippen molar-refractivity contribution in [2.45, 2.75) is 13.5 Å². The highest BCUT2D eigenvalue weighted by Crippen LogP contribution is 2.19. The van der Waals surface area contributed by atoms with Gasteiger partial charge in [-0.1, -0.05) is 52.3 Å². The largest absolute Gasteiger partial charge is 0.350 e. The van der Waals surface area contributed by atoms with Crippen molar-refractivity contribution in [3.63, 3.8) is 0 Å². The molecule has 0 aromatic heterocycles. The van der Waals surface area contributed by atoms with E-state index in [1.807, 2.05) is 48.5 Å². The molecule has 0 saturated carbocycles. The lowest BCUT2D eigenvalue weighted by Gasteiger charge is -2.21. The van der Waals surface area contributed by atoms with E-state index in [-0.39, 0.29) is 18.4 Å². The van der Waals surface area contributed by atoms with Gasteiger partial charge in [0.1, 0.15) is 6.54 Å². The third kappa shape index (κ3) is 4.70. The first-order chi connectivity index (χ1) is 10.6. The summed E-state index contributed by atoms with van der Waals surface area (Å²) in [6.45, 7) is 1.90. The van der Waals surface area contributed by atoms with Crippen molar-refractivity contribution in [2.24, 2.45) is 0 Å². The molecule has 0 aliphatic heterocycles. The van der Waals surface area contributed by atoms with Crippen LogP contribution in [0.15, 0.2) is 59.1 Å². The number of carbonyl (C=O) groups excluding carboxylic acids is 2. The molecule has 0 unspecified atom stereocenters. The molecule has 0 heterocycles. The number of anilines is 1. The van der Waals surface area contributed by atoms with Gasteiger partial charge in [0.15, 0.2) is 0 Å². The predicted octanol–water partition coefficient (Wildman–Crippen LogP) is 3.12. The smallest absolute Gasteiger partial charge is 0.240 e. The van der Waals surface area contributed by atoms with Crippen LogP contribution in [-0.4, -0.2) is 18.4 Å². The SMILES string of the molecule is CC(=O)N(CC(=O)NCc1ccccc1)c1cccc(Br)c1. The first-order valence-electron chi connectivity index (χ1n) is 6.90. The number of benzene rings is 2. The lowest BCUT2D eigenvalue weighted by molar-refractivity contribution is -0.123. The summed E-state index contributed by atoms with van der Waals surface area (Å²) in [4.78, 5) is 25.3. The number of hydrogen-bond acceptors (Lipinski definition) is 2.